The van der Waals surface area contributed by atoms with Crippen LogP contribution in [-0.2, 0) is 16.2 Å². The maximum atomic E-state index is 12.6. The van der Waals surface area contributed by atoms with Crippen molar-refractivity contribution >= 4 is 23.7 Å². The molecule has 1 saturated carbocycles. The van der Waals surface area contributed by atoms with Gasteiger partial charge in [0.05, 0.1) is 23.0 Å². The third kappa shape index (κ3) is 3.39. The number of benzene rings is 2. The molecule has 2 amide bonds. The van der Waals surface area contributed by atoms with Crippen molar-refractivity contribution in [2.24, 2.45) is 28.8 Å². The zero-order chi connectivity index (χ0) is 21.5. The number of ether oxygens (including phenoxy) is 1. The zero-order valence-corrected chi connectivity index (χ0v) is 16.5. The molecule has 3 aliphatic rings. The standard InChI is InChI=1S/C23H19N3O5/c27-22-20-16-5-6-17(11-16)21(20)23(28)25(22)24-12-14-3-9-19(10-4-14)31-13-15-1-7-18(8-2-15)26(29)30/h1-10,12,16-17,20-21H,11,13H2/b24-12-/t16-,17-,20-,21-/m0/s1. The van der Waals surface area contributed by atoms with Gasteiger partial charge in [-0.1, -0.05) is 12.2 Å². The Labute approximate surface area is 178 Å². The first kappa shape index (κ1) is 19.2. The molecule has 2 aliphatic carbocycles. The van der Waals surface area contributed by atoms with Gasteiger partial charge in [0.15, 0.2) is 0 Å². The van der Waals surface area contributed by atoms with E-state index in [2.05, 4.69) is 17.3 Å². The number of amides is 2. The van der Waals surface area contributed by atoms with E-state index in [1.165, 1.54) is 18.3 Å². The van der Waals surface area contributed by atoms with Gasteiger partial charge in [-0.2, -0.15) is 10.1 Å². The third-order valence-corrected chi connectivity index (χ3v) is 6.20. The maximum Gasteiger partial charge on any atom is 0.269 e. The SMILES string of the molecule is O=C1[C@@H]2[C@@H](C(=O)N1/N=C\c1ccc(OCc3ccc([N+](=O)[O-])cc3)cc1)[C@H]1C=C[C@H]2C1. The van der Waals surface area contributed by atoms with Crippen molar-refractivity contribution < 1.29 is 19.2 Å². The van der Waals surface area contributed by atoms with Gasteiger partial charge in [-0.05, 0) is 65.8 Å². The molecule has 8 heteroatoms. The van der Waals surface area contributed by atoms with Gasteiger partial charge in [-0.15, -0.1) is 0 Å². The molecule has 2 bridgehead atoms. The van der Waals surface area contributed by atoms with Crippen LogP contribution in [0.15, 0.2) is 65.8 Å². The lowest BCUT2D eigenvalue weighted by atomic mass is 9.85. The van der Waals surface area contributed by atoms with Crippen molar-refractivity contribution in [2.45, 2.75) is 13.0 Å². The summed E-state index contributed by atoms with van der Waals surface area (Å²) in [6.45, 7) is 0.279. The zero-order valence-electron chi connectivity index (χ0n) is 16.5. The highest BCUT2D eigenvalue weighted by Crippen LogP contribution is 2.52. The van der Waals surface area contributed by atoms with Crippen LogP contribution in [0.25, 0.3) is 0 Å². The normalized spacial score (nSPS) is 26.1. The highest BCUT2D eigenvalue weighted by atomic mass is 16.6. The topological polar surface area (TPSA) is 102 Å². The summed E-state index contributed by atoms with van der Waals surface area (Å²) in [6, 6.07) is 13.3. The number of nitro benzene ring substituents is 1. The summed E-state index contributed by atoms with van der Waals surface area (Å²) in [4.78, 5) is 35.5. The number of hydrogen-bond donors (Lipinski definition) is 0. The number of imide groups is 1. The molecular formula is C23H19N3O5. The van der Waals surface area contributed by atoms with Crippen LogP contribution in [0, 0.1) is 33.8 Å². The molecule has 0 radical (unpaired) electrons. The molecule has 156 valence electrons. The van der Waals surface area contributed by atoms with Gasteiger partial charge in [-0.25, -0.2) is 0 Å². The number of hydrogen-bond acceptors (Lipinski definition) is 6. The highest BCUT2D eigenvalue weighted by molar-refractivity contribution is 6.06. The smallest absolute Gasteiger partial charge is 0.269 e. The minimum Gasteiger partial charge on any atom is -0.489 e. The second-order valence-electron chi connectivity index (χ2n) is 8.01. The van der Waals surface area contributed by atoms with Gasteiger partial charge in [0, 0.05) is 12.1 Å². The number of nitro groups is 1. The summed E-state index contributed by atoms with van der Waals surface area (Å²) in [7, 11) is 0. The number of carbonyl (C=O) groups excluding carboxylic acids is 2. The average molecular weight is 417 g/mol. The quantitative estimate of drug-likeness (QED) is 0.236. The van der Waals surface area contributed by atoms with Crippen LogP contribution in [0.4, 0.5) is 5.69 Å². The second kappa shape index (κ2) is 7.46. The summed E-state index contributed by atoms with van der Waals surface area (Å²) >= 11 is 0. The van der Waals surface area contributed by atoms with E-state index in [1.807, 2.05) is 0 Å². The predicted octanol–water partition coefficient (Wildman–Crippen LogP) is 3.31. The van der Waals surface area contributed by atoms with E-state index in [9.17, 15) is 19.7 Å². The molecule has 2 aromatic rings. The van der Waals surface area contributed by atoms with Crippen LogP contribution in [0.3, 0.4) is 0 Å². The average Bonchev–Trinajstić information content (AvgIpc) is 3.46. The molecule has 8 nitrogen and oxygen atoms in total. The lowest BCUT2D eigenvalue weighted by Crippen LogP contribution is -2.28. The van der Waals surface area contributed by atoms with Crippen molar-refractivity contribution in [1.29, 1.82) is 0 Å². The van der Waals surface area contributed by atoms with Crippen molar-refractivity contribution in [2.75, 3.05) is 0 Å². The van der Waals surface area contributed by atoms with E-state index >= 15 is 0 Å². The molecule has 5 rings (SSSR count). The van der Waals surface area contributed by atoms with E-state index in [0.29, 0.717) is 5.75 Å². The number of fused-ring (bicyclic) bond motifs is 5. The molecule has 2 fully saturated rings. The highest BCUT2D eigenvalue weighted by Gasteiger charge is 2.59. The molecule has 0 N–H and O–H groups in total. The molecule has 2 aromatic carbocycles. The largest absolute Gasteiger partial charge is 0.489 e. The number of hydrazone groups is 1. The molecular weight excluding hydrogens is 398 g/mol. The number of carbonyl (C=O) groups is 2. The molecule has 0 spiro atoms. The molecule has 1 aliphatic heterocycles. The Kier molecular flexibility index (Phi) is 4.62. The Morgan fingerprint density at radius 1 is 1.00 bits per heavy atom. The first-order valence-electron chi connectivity index (χ1n) is 10.1. The summed E-state index contributed by atoms with van der Waals surface area (Å²) in [5.41, 5.74) is 1.59. The summed E-state index contributed by atoms with van der Waals surface area (Å²) < 4.78 is 5.70. The van der Waals surface area contributed by atoms with Gasteiger partial charge in [-0.3, -0.25) is 19.7 Å². The van der Waals surface area contributed by atoms with Gasteiger partial charge in [0.25, 0.3) is 17.5 Å². The third-order valence-electron chi connectivity index (χ3n) is 6.20. The van der Waals surface area contributed by atoms with Crippen LogP contribution in [0.5, 0.6) is 5.75 Å². The molecule has 31 heavy (non-hydrogen) atoms. The van der Waals surface area contributed by atoms with E-state index < -0.39 is 4.92 Å². The minimum absolute atomic E-state index is 0.0369. The molecule has 0 aromatic heterocycles. The van der Waals surface area contributed by atoms with Gasteiger partial charge < -0.3 is 4.74 Å². The second-order valence-corrected chi connectivity index (χ2v) is 8.01. The lowest BCUT2D eigenvalue weighted by Gasteiger charge is -2.13. The van der Waals surface area contributed by atoms with Crippen LogP contribution in [0.2, 0.25) is 0 Å². The Bertz CT molecular complexity index is 1080. The number of rotatable bonds is 6. The maximum absolute atomic E-state index is 12.6. The van der Waals surface area contributed by atoms with Crippen molar-refractivity contribution in [3.63, 3.8) is 0 Å². The van der Waals surface area contributed by atoms with E-state index in [0.717, 1.165) is 22.6 Å². The van der Waals surface area contributed by atoms with E-state index in [1.54, 1.807) is 36.4 Å². The molecule has 4 atom stereocenters. The Hall–Kier alpha value is -3.81. The van der Waals surface area contributed by atoms with Crippen LogP contribution >= 0.6 is 0 Å². The molecule has 1 saturated heterocycles. The van der Waals surface area contributed by atoms with Crippen molar-refractivity contribution in [1.82, 2.24) is 5.01 Å². The Morgan fingerprint density at radius 2 is 1.61 bits per heavy atom. The van der Waals surface area contributed by atoms with E-state index in [-0.39, 0.29) is 47.8 Å². The van der Waals surface area contributed by atoms with Crippen LogP contribution in [-0.4, -0.2) is 28.0 Å². The number of non-ortho nitro benzene ring substituents is 1. The molecule has 1 heterocycles. The Balaban J connectivity index is 1.20. The van der Waals surface area contributed by atoms with E-state index in [4.69, 9.17) is 4.74 Å². The first-order chi connectivity index (χ1) is 15.0. The fourth-order valence-electron chi connectivity index (χ4n) is 4.66. The fourth-order valence-corrected chi connectivity index (χ4v) is 4.66. The van der Waals surface area contributed by atoms with Crippen LogP contribution < -0.4 is 4.74 Å². The lowest BCUT2D eigenvalue weighted by molar-refractivity contribution is -0.384. The minimum atomic E-state index is -0.443. The number of nitrogens with zero attached hydrogens (tertiary/aromatic N) is 3. The van der Waals surface area contributed by atoms with Gasteiger partial charge in [0.1, 0.15) is 12.4 Å². The van der Waals surface area contributed by atoms with Crippen LogP contribution in [0.1, 0.15) is 17.5 Å². The summed E-state index contributed by atoms with van der Waals surface area (Å²) in [5, 5.41) is 15.9. The van der Waals surface area contributed by atoms with Crippen molar-refractivity contribution in [3.8, 4) is 5.75 Å². The fraction of sp³-hybridized carbons (Fsp3) is 0.261. The Morgan fingerprint density at radius 3 is 2.19 bits per heavy atom. The summed E-state index contributed by atoms with van der Waals surface area (Å²) in [5.74, 6) is 0.0423. The first-order valence-corrected chi connectivity index (χ1v) is 10.1. The molecule has 0 unspecified atom stereocenters. The van der Waals surface area contributed by atoms with Crippen molar-refractivity contribution in [3.05, 3.63) is 81.9 Å². The van der Waals surface area contributed by atoms with Gasteiger partial charge in [0.2, 0.25) is 0 Å². The summed E-state index contributed by atoms with van der Waals surface area (Å²) in [6.07, 6.45) is 6.51. The monoisotopic (exact) mass is 417 g/mol. The number of allylic oxidation sites excluding steroid dienone is 2. The van der Waals surface area contributed by atoms with Gasteiger partial charge >= 0.3 is 0 Å². The predicted molar refractivity (Wildman–Crippen MR) is 111 cm³/mol.